The van der Waals surface area contributed by atoms with Gasteiger partial charge in [0.15, 0.2) is 0 Å². The Balaban J connectivity index is 2.03. The van der Waals surface area contributed by atoms with Crippen LogP contribution in [-0.2, 0) is 0 Å². The molecule has 0 atom stereocenters. The minimum absolute atomic E-state index is 0.0311. The van der Waals surface area contributed by atoms with E-state index in [4.69, 9.17) is 0 Å². The van der Waals surface area contributed by atoms with Gasteiger partial charge in [0.05, 0.1) is 5.69 Å². The fraction of sp³-hybridized carbons (Fsp3) is 0.278. The third-order valence-corrected chi connectivity index (χ3v) is 4.13. The summed E-state index contributed by atoms with van der Waals surface area (Å²) in [6, 6.07) is 17.7. The number of hydrogen-bond donors (Lipinski definition) is 2. The van der Waals surface area contributed by atoms with Gasteiger partial charge in [-0.2, -0.15) is 0 Å². The number of nitrogens with one attached hydrogen (secondary N) is 1. The summed E-state index contributed by atoms with van der Waals surface area (Å²) in [5, 5.41) is 13.0. The van der Waals surface area contributed by atoms with Crippen molar-refractivity contribution in [3.63, 3.8) is 0 Å². The Morgan fingerprint density at radius 3 is 2.32 bits per heavy atom. The number of hydrogen-bond acceptors (Lipinski definition) is 2. The molecule has 1 amide bonds. The number of benzene rings is 2. The van der Waals surface area contributed by atoms with E-state index in [2.05, 4.69) is 5.32 Å². The number of amides is 1. The third kappa shape index (κ3) is 2.97. The summed E-state index contributed by atoms with van der Waals surface area (Å²) in [5.74, 6) is 0. The van der Waals surface area contributed by atoms with Gasteiger partial charge < -0.3 is 10.4 Å². The molecule has 0 radical (unpaired) electrons. The molecular weight excluding hydrogens is 276 g/mol. The normalized spacial score (nSPS) is 15.5. The highest BCUT2D eigenvalue weighted by Crippen LogP contribution is 2.33. The number of piperidine rings is 1. The molecule has 4 nitrogen and oxygen atoms in total. The predicted octanol–water partition coefficient (Wildman–Crippen LogP) is 3.59. The van der Waals surface area contributed by atoms with E-state index in [1.807, 2.05) is 54.6 Å². The van der Waals surface area contributed by atoms with Crippen LogP contribution < -0.4 is 10.2 Å². The van der Waals surface area contributed by atoms with Gasteiger partial charge in [0, 0.05) is 11.6 Å². The molecule has 4 heteroatoms. The minimum Gasteiger partial charge on any atom is -0.465 e. The zero-order valence-corrected chi connectivity index (χ0v) is 12.4. The molecule has 0 unspecified atom stereocenters. The van der Waals surface area contributed by atoms with E-state index in [9.17, 15) is 9.90 Å². The Kier molecular flexibility index (Phi) is 4.39. The molecule has 0 saturated carbocycles. The van der Waals surface area contributed by atoms with Crippen molar-refractivity contribution >= 4 is 11.8 Å². The maximum absolute atomic E-state index is 11.9. The molecule has 0 spiro atoms. The summed E-state index contributed by atoms with van der Waals surface area (Å²) in [7, 11) is 0. The van der Waals surface area contributed by atoms with Gasteiger partial charge in [-0.15, -0.1) is 0 Å². The van der Waals surface area contributed by atoms with Crippen molar-refractivity contribution in [3.8, 4) is 11.1 Å². The Morgan fingerprint density at radius 1 is 1.00 bits per heavy atom. The number of rotatable bonds is 3. The molecule has 1 aliphatic rings. The number of carboxylic acid groups (broad SMARTS) is 1. The van der Waals surface area contributed by atoms with Crippen LogP contribution in [0.5, 0.6) is 0 Å². The van der Waals surface area contributed by atoms with Crippen molar-refractivity contribution in [1.82, 2.24) is 5.32 Å². The second-order valence-electron chi connectivity index (χ2n) is 5.52. The van der Waals surface area contributed by atoms with Gasteiger partial charge in [-0.25, -0.2) is 4.79 Å². The highest BCUT2D eigenvalue weighted by atomic mass is 16.4. The lowest BCUT2D eigenvalue weighted by atomic mass is 9.99. The molecule has 2 N–H and O–H groups in total. The zero-order chi connectivity index (χ0) is 15.4. The largest absolute Gasteiger partial charge is 0.465 e. The van der Waals surface area contributed by atoms with Crippen molar-refractivity contribution in [2.75, 3.05) is 18.0 Å². The SMILES string of the molecule is O=C(O)N(c1ccccc1-c1ccccc1)C1CCNCC1. The fourth-order valence-corrected chi connectivity index (χ4v) is 3.07. The molecule has 114 valence electrons. The Bertz CT molecular complexity index is 637. The Hall–Kier alpha value is -2.33. The molecule has 2 aromatic rings. The zero-order valence-electron chi connectivity index (χ0n) is 12.4. The first-order valence-electron chi connectivity index (χ1n) is 7.64. The molecule has 0 bridgehead atoms. The summed E-state index contributed by atoms with van der Waals surface area (Å²) < 4.78 is 0. The molecule has 22 heavy (non-hydrogen) atoms. The van der Waals surface area contributed by atoms with Gasteiger partial charge in [-0.1, -0.05) is 48.5 Å². The van der Waals surface area contributed by atoms with Gasteiger partial charge in [-0.3, -0.25) is 4.90 Å². The van der Waals surface area contributed by atoms with E-state index < -0.39 is 6.09 Å². The molecule has 1 heterocycles. The van der Waals surface area contributed by atoms with Crippen LogP contribution in [0, 0.1) is 0 Å². The molecule has 1 saturated heterocycles. The standard InChI is InChI=1S/C18H20N2O2/c21-18(22)20(15-10-12-19-13-11-15)17-9-5-4-8-16(17)14-6-2-1-3-7-14/h1-9,15,19H,10-13H2,(H,21,22). The van der Waals surface area contributed by atoms with Crippen LogP contribution in [0.4, 0.5) is 10.5 Å². The Morgan fingerprint density at radius 2 is 1.64 bits per heavy atom. The maximum atomic E-state index is 11.9. The average Bonchev–Trinajstić information content (AvgIpc) is 2.57. The monoisotopic (exact) mass is 296 g/mol. The van der Waals surface area contributed by atoms with Gasteiger partial charge >= 0.3 is 6.09 Å². The third-order valence-electron chi connectivity index (χ3n) is 4.13. The van der Waals surface area contributed by atoms with Gasteiger partial charge in [0.25, 0.3) is 0 Å². The van der Waals surface area contributed by atoms with Gasteiger partial charge in [0.1, 0.15) is 0 Å². The van der Waals surface area contributed by atoms with Crippen molar-refractivity contribution in [3.05, 3.63) is 54.6 Å². The van der Waals surface area contributed by atoms with E-state index in [0.717, 1.165) is 42.7 Å². The van der Waals surface area contributed by atoms with Crippen LogP contribution in [0.1, 0.15) is 12.8 Å². The van der Waals surface area contributed by atoms with Gasteiger partial charge in [-0.05, 0) is 37.6 Å². The van der Waals surface area contributed by atoms with Crippen LogP contribution in [0.3, 0.4) is 0 Å². The quantitative estimate of drug-likeness (QED) is 0.910. The molecule has 2 aromatic carbocycles. The lowest BCUT2D eigenvalue weighted by Gasteiger charge is -2.33. The molecular formula is C18H20N2O2. The van der Waals surface area contributed by atoms with Crippen LogP contribution >= 0.6 is 0 Å². The van der Waals surface area contributed by atoms with Gasteiger partial charge in [0.2, 0.25) is 0 Å². The first-order chi connectivity index (χ1) is 10.8. The topological polar surface area (TPSA) is 52.6 Å². The fourth-order valence-electron chi connectivity index (χ4n) is 3.07. The summed E-state index contributed by atoms with van der Waals surface area (Å²) in [4.78, 5) is 13.4. The van der Waals surface area contributed by atoms with Crippen molar-refractivity contribution < 1.29 is 9.90 Å². The number of para-hydroxylation sites is 1. The van der Waals surface area contributed by atoms with E-state index >= 15 is 0 Å². The molecule has 0 aliphatic carbocycles. The van der Waals surface area contributed by atoms with E-state index in [1.165, 1.54) is 0 Å². The predicted molar refractivity (Wildman–Crippen MR) is 88.3 cm³/mol. The smallest absolute Gasteiger partial charge is 0.412 e. The van der Waals surface area contributed by atoms with E-state index in [-0.39, 0.29) is 6.04 Å². The number of carbonyl (C=O) groups is 1. The van der Waals surface area contributed by atoms with Crippen molar-refractivity contribution in [2.45, 2.75) is 18.9 Å². The number of nitrogens with zero attached hydrogens (tertiary/aromatic N) is 1. The molecule has 0 aromatic heterocycles. The number of anilines is 1. The maximum Gasteiger partial charge on any atom is 0.412 e. The molecule has 1 fully saturated rings. The summed E-state index contributed by atoms with van der Waals surface area (Å²) >= 11 is 0. The Labute approximate surface area is 130 Å². The van der Waals surface area contributed by atoms with Crippen molar-refractivity contribution in [2.24, 2.45) is 0 Å². The second-order valence-corrected chi connectivity index (χ2v) is 5.52. The molecule has 3 rings (SSSR count). The first-order valence-corrected chi connectivity index (χ1v) is 7.64. The van der Waals surface area contributed by atoms with Crippen LogP contribution in [0.15, 0.2) is 54.6 Å². The van der Waals surface area contributed by atoms with Crippen LogP contribution in [0.25, 0.3) is 11.1 Å². The van der Waals surface area contributed by atoms with Crippen molar-refractivity contribution in [1.29, 1.82) is 0 Å². The van der Waals surface area contributed by atoms with E-state index in [0.29, 0.717) is 0 Å². The lowest BCUT2D eigenvalue weighted by Crippen LogP contribution is -2.46. The summed E-state index contributed by atoms with van der Waals surface area (Å²) in [6.45, 7) is 1.73. The summed E-state index contributed by atoms with van der Waals surface area (Å²) in [5.41, 5.74) is 2.77. The minimum atomic E-state index is -0.879. The van der Waals surface area contributed by atoms with Crippen LogP contribution in [0.2, 0.25) is 0 Å². The highest BCUT2D eigenvalue weighted by molar-refractivity contribution is 5.93. The first kappa shape index (κ1) is 14.6. The lowest BCUT2D eigenvalue weighted by molar-refractivity contribution is 0.197. The average molecular weight is 296 g/mol. The second kappa shape index (κ2) is 6.62. The van der Waals surface area contributed by atoms with Crippen LogP contribution in [-0.4, -0.2) is 30.3 Å². The summed E-state index contributed by atoms with van der Waals surface area (Å²) in [6.07, 6.45) is 0.806. The molecule has 1 aliphatic heterocycles. The highest BCUT2D eigenvalue weighted by Gasteiger charge is 2.28. The van der Waals surface area contributed by atoms with E-state index in [1.54, 1.807) is 4.90 Å².